The van der Waals surface area contributed by atoms with Crippen molar-refractivity contribution in [1.29, 1.82) is 0 Å². The first-order chi connectivity index (χ1) is 42.5. The number of ether oxygens (including phenoxy) is 10. The zero-order chi connectivity index (χ0) is 58.2. The Kier molecular flexibility index (Phi) is 15.6. The largest absolute Gasteiger partial charge is 1.00 e. The molecule has 9 heterocycles. The number of nitrogens with one attached hydrogen (secondary N) is 1. The van der Waals surface area contributed by atoms with Gasteiger partial charge in [-0.3, -0.25) is 4.90 Å². The predicted octanol–water partition coefficient (Wildman–Crippen LogP) is 7.85. The number of carbonyl (C=O) groups is 1. The maximum atomic E-state index is 13.3. The molecule has 470 valence electrons. The number of nitrogens with zero attached hydrogens (tertiary/aromatic N) is 2. The average Bonchev–Trinajstić information content (AvgIpc) is 1.58. The minimum atomic E-state index is -0.673. The minimum Gasteiger partial charge on any atom is -0.870 e. The van der Waals surface area contributed by atoms with Crippen molar-refractivity contribution in [1.82, 2.24) is 15.1 Å². The molecule has 8 aliphatic carbocycles. The molecular formula is C72H87BrKN3O12. The number of alkyl halides is 1. The van der Waals surface area contributed by atoms with Crippen LogP contribution >= 0.6 is 15.9 Å². The van der Waals surface area contributed by atoms with E-state index in [1.165, 1.54) is 120 Å². The third kappa shape index (κ3) is 9.01. The number of para-hydroxylation sites is 1. The Morgan fingerprint density at radius 2 is 0.989 bits per heavy atom. The molecule has 3 unspecified atom stereocenters. The Balaban J connectivity index is 0.000000103. The number of hydrogen-bond acceptors (Lipinski definition) is 14. The van der Waals surface area contributed by atoms with Crippen molar-refractivity contribution in [2.45, 2.75) is 194 Å². The van der Waals surface area contributed by atoms with Gasteiger partial charge < -0.3 is 63.1 Å². The van der Waals surface area contributed by atoms with Crippen LogP contribution in [0.2, 0.25) is 0 Å². The van der Waals surface area contributed by atoms with E-state index in [1.807, 2.05) is 35.2 Å². The van der Waals surface area contributed by atoms with Crippen LogP contribution in [0.5, 0.6) is 23.0 Å². The number of benzene rings is 4. The van der Waals surface area contributed by atoms with E-state index < -0.39 is 17.4 Å². The van der Waals surface area contributed by atoms with Crippen molar-refractivity contribution in [2.75, 3.05) is 71.2 Å². The molecule has 11 fully saturated rings. The molecule has 9 aliphatic heterocycles. The van der Waals surface area contributed by atoms with Crippen LogP contribution in [-0.2, 0) is 63.9 Å². The van der Waals surface area contributed by atoms with E-state index in [1.54, 1.807) is 0 Å². The summed E-state index contributed by atoms with van der Waals surface area (Å²) in [5.41, 5.74) is 12.4. The van der Waals surface area contributed by atoms with Gasteiger partial charge in [0, 0.05) is 88.7 Å². The van der Waals surface area contributed by atoms with Crippen molar-refractivity contribution >= 4 is 22.0 Å². The first kappa shape index (κ1) is 61.2. The summed E-state index contributed by atoms with van der Waals surface area (Å²) in [6, 6.07) is 24.3. The van der Waals surface area contributed by atoms with Gasteiger partial charge in [0.2, 0.25) is 17.4 Å². The number of hydrogen-bond donors (Lipinski definition) is 1. The molecule has 17 heteroatoms. The second kappa shape index (κ2) is 22.7. The Labute approximate surface area is 575 Å². The molecule has 17 aliphatic rings. The zero-order valence-electron chi connectivity index (χ0n) is 52.5. The number of carbonyl (C=O) groups excluding carboxylic acids is 1. The number of amides is 1. The third-order valence-corrected chi connectivity index (χ3v) is 26.1. The van der Waals surface area contributed by atoms with E-state index in [0.29, 0.717) is 81.8 Å². The van der Waals surface area contributed by atoms with Crippen molar-refractivity contribution in [3.8, 4) is 23.0 Å². The second-order valence-corrected chi connectivity index (χ2v) is 29.9. The van der Waals surface area contributed by atoms with Gasteiger partial charge in [0.1, 0.15) is 23.0 Å². The van der Waals surface area contributed by atoms with Gasteiger partial charge in [-0.15, -0.1) is 0 Å². The Morgan fingerprint density at radius 3 is 1.47 bits per heavy atom. The SMILES string of the molecule is BrCC1CC1.Cc1ccc2c3c1O[C@@H]1C4(CC[C@@H]5C(C2)N(C(=O)Oc2ccccc2)CC[C@]351)OCCO4.Cc1ccc2c3c1O[C@@H]1C4(CC[C@@H]5C(C2)N(CC2CC2)CC[C@]351)OCCO4.Cc1ccc2c3c1O[C@@H]1C4(CC[C@@H]5C(C2)NCC[C@]351)OCCO4.[K+].[OH-]. The summed E-state index contributed by atoms with van der Waals surface area (Å²) in [5.74, 6) is 5.86. The first-order valence-corrected chi connectivity index (χ1v) is 34.9. The number of likely N-dealkylation sites (tertiary alicyclic amines) is 2. The van der Waals surface area contributed by atoms with Gasteiger partial charge in [0.25, 0.3) is 0 Å². The summed E-state index contributed by atoms with van der Waals surface area (Å²) in [6.45, 7) is 14.8. The van der Waals surface area contributed by atoms with Crippen molar-refractivity contribution in [3.05, 3.63) is 117 Å². The van der Waals surface area contributed by atoms with E-state index in [-0.39, 0.29) is 104 Å². The molecule has 5 saturated carbocycles. The maximum Gasteiger partial charge on any atom is 1.00 e. The van der Waals surface area contributed by atoms with E-state index in [4.69, 9.17) is 47.4 Å². The molecular weight excluding hydrogens is 1220 g/mol. The molecule has 0 radical (unpaired) electrons. The molecule has 4 aromatic rings. The summed E-state index contributed by atoms with van der Waals surface area (Å²) in [6.07, 6.45) is 17.9. The fourth-order valence-corrected chi connectivity index (χ4v) is 21.9. The molecule has 0 aromatic heterocycles. The summed E-state index contributed by atoms with van der Waals surface area (Å²) in [4.78, 5) is 18.1. The minimum absolute atomic E-state index is 0. The molecule has 1 amide bonds. The summed E-state index contributed by atoms with van der Waals surface area (Å²) in [5, 5.41) is 5.01. The van der Waals surface area contributed by atoms with Crippen LogP contribution < -0.4 is 75.6 Å². The molecule has 89 heavy (non-hydrogen) atoms. The predicted molar refractivity (Wildman–Crippen MR) is 330 cm³/mol. The summed E-state index contributed by atoms with van der Waals surface area (Å²) >= 11 is 3.38. The number of piperidine rings is 3. The Bertz CT molecular complexity index is 3400. The summed E-state index contributed by atoms with van der Waals surface area (Å²) in [7, 11) is 0. The average molecular weight is 1310 g/mol. The number of aryl methyl sites for hydroxylation is 3. The van der Waals surface area contributed by atoms with Crippen LogP contribution in [-0.4, -0.2) is 146 Å². The Morgan fingerprint density at radius 1 is 0.539 bits per heavy atom. The third-order valence-electron chi connectivity index (χ3n) is 25.1. The molecule has 12 atom stereocenters. The van der Waals surface area contributed by atoms with Crippen molar-refractivity contribution in [2.24, 2.45) is 29.6 Å². The fraction of sp³-hybridized carbons (Fsp3) is 0.653. The zero-order valence-corrected chi connectivity index (χ0v) is 57.2. The maximum absolute atomic E-state index is 13.3. The van der Waals surface area contributed by atoms with Crippen LogP contribution in [0.4, 0.5) is 4.79 Å². The van der Waals surface area contributed by atoms with Crippen LogP contribution in [0.1, 0.15) is 134 Å². The van der Waals surface area contributed by atoms with Gasteiger partial charge >= 0.3 is 57.5 Å². The smallest absolute Gasteiger partial charge is 0.870 e. The van der Waals surface area contributed by atoms with Gasteiger partial charge in [-0.1, -0.05) is 70.5 Å². The van der Waals surface area contributed by atoms with Crippen LogP contribution in [0.25, 0.3) is 0 Å². The molecule has 4 aromatic carbocycles. The van der Waals surface area contributed by atoms with E-state index >= 15 is 0 Å². The molecule has 6 bridgehead atoms. The number of rotatable bonds is 4. The summed E-state index contributed by atoms with van der Waals surface area (Å²) < 4.78 is 63.5. The fourth-order valence-electron chi connectivity index (χ4n) is 21.3. The van der Waals surface area contributed by atoms with Crippen molar-refractivity contribution < 1.29 is 109 Å². The van der Waals surface area contributed by atoms with Gasteiger partial charge in [0.05, 0.1) is 39.6 Å². The topological polar surface area (TPSA) is 158 Å². The van der Waals surface area contributed by atoms with E-state index in [0.717, 1.165) is 87.0 Å². The molecule has 15 nitrogen and oxygen atoms in total. The molecule has 21 rings (SSSR count). The number of fused-ring (bicyclic) bond motifs is 3. The van der Waals surface area contributed by atoms with E-state index in [9.17, 15) is 4.79 Å². The van der Waals surface area contributed by atoms with Crippen molar-refractivity contribution in [3.63, 3.8) is 0 Å². The quantitative estimate of drug-likeness (QED) is 0.156. The van der Waals surface area contributed by atoms with Crippen LogP contribution in [0.3, 0.4) is 0 Å². The van der Waals surface area contributed by atoms with Crippen LogP contribution in [0, 0.1) is 50.4 Å². The second-order valence-electron chi connectivity index (χ2n) is 29.3. The number of halogens is 1. The van der Waals surface area contributed by atoms with Gasteiger partial charge in [-0.05, 0) is 192 Å². The van der Waals surface area contributed by atoms with Gasteiger partial charge in [-0.25, -0.2) is 4.79 Å². The van der Waals surface area contributed by atoms with Gasteiger partial charge in [0.15, 0.2) is 18.3 Å². The molecule has 6 spiro atoms. The first-order valence-electron chi connectivity index (χ1n) is 33.8. The normalized spacial score (nSPS) is 36.4. The Hall–Kier alpha value is -2.69. The molecule has 2 N–H and O–H groups in total. The van der Waals surface area contributed by atoms with Gasteiger partial charge in [-0.2, -0.15) is 0 Å². The van der Waals surface area contributed by atoms with Crippen LogP contribution in [0.15, 0.2) is 66.7 Å². The molecule has 6 saturated heterocycles. The monoisotopic (exact) mass is 1300 g/mol. The van der Waals surface area contributed by atoms with E-state index in [2.05, 4.69) is 83.3 Å². The standard InChI is InChI=1S/C26H27NO5.C23H29NO3.C19H23NO3.C4H7Br.K.H2O/c1-16-7-8-17-15-20-19-9-10-26(29-13-14-30-26)23-25(19,21(17)22(16)32-23)11-12-27(20)24(28)31-18-5-3-2-4-6-18;1-14-2-5-16-12-18-17-6-7-23(25-10-11-26-23)21-22(17,19(16)20(14)27-21)8-9-24(18)13-15-3-4-15;1-11-2-3-12-10-14-13-4-5-19(21-8-9-22-19)17-18(13,6-7-20-14)15(12)16(11)23-17;5-3-4-1-2-4;;/h2-8,19-20,23H,9-15H2,1H3;2,5,15,17-18,21H,3-4,6-13H2,1H3;2-3,13-14,17,20H,4-10H2,1H3;4H,1-3H2;;1H2/q;;;;+1;/p-1/t19-,20?,23+,25-;17-,18?,21+,22-;13-,14?,17+,18-;;;/m111.../s1.